The fourth-order valence-corrected chi connectivity index (χ4v) is 4.93. The molecule has 0 atom stereocenters. The van der Waals surface area contributed by atoms with Gasteiger partial charge < -0.3 is 4.57 Å². The molecule has 0 spiro atoms. The molecule has 4 aromatic carbocycles. The van der Waals surface area contributed by atoms with Crippen molar-refractivity contribution in [1.82, 2.24) is 4.57 Å². The Labute approximate surface area is 152 Å². The van der Waals surface area contributed by atoms with Crippen LogP contribution in [0.15, 0.2) is 72.8 Å². The van der Waals surface area contributed by atoms with Crippen molar-refractivity contribution < 1.29 is 0 Å². The molecule has 1 heterocycles. The van der Waals surface area contributed by atoms with E-state index in [9.17, 15) is 0 Å². The fraction of sp³-hybridized carbons (Fsp3) is 0.120. The molecule has 124 valence electrons. The Morgan fingerprint density at radius 1 is 0.769 bits per heavy atom. The lowest BCUT2D eigenvalue weighted by molar-refractivity contribution is 0.827. The third kappa shape index (κ3) is 1.65. The second kappa shape index (κ2) is 4.98. The van der Waals surface area contributed by atoms with Crippen LogP contribution in [0.5, 0.6) is 0 Å². The minimum Gasteiger partial charge on any atom is -0.341 e. The summed E-state index contributed by atoms with van der Waals surface area (Å²) in [6, 6.07) is 26.9. The average Bonchev–Trinajstić information content (AvgIpc) is 3.23. The highest BCUT2D eigenvalue weighted by Crippen LogP contribution is 2.46. The number of nitrogens with zero attached hydrogens (tertiary/aromatic N) is 1. The van der Waals surface area contributed by atoms with E-state index in [2.05, 4.69) is 84.3 Å². The first-order chi connectivity index (χ1) is 12.9. The summed E-state index contributed by atoms with van der Waals surface area (Å²) in [4.78, 5) is 0. The van der Waals surface area contributed by atoms with Crippen LogP contribution in [0.25, 0.3) is 43.7 Å². The van der Waals surface area contributed by atoms with Crippen molar-refractivity contribution in [2.24, 2.45) is 0 Å². The summed E-state index contributed by atoms with van der Waals surface area (Å²) in [5.41, 5.74) is 8.51. The van der Waals surface area contributed by atoms with Gasteiger partial charge in [0.2, 0.25) is 0 Å². The molecule has 5 aromatic rings. The first-order valence-corrected chi connectivity index (χ1v) is 9.40. The van der Waals surface area contributed by atoms with Gasteiger partial charge in [-0.1, -0.05) is 60.7 Å². The molecule has 1 aliphatic rings. The van der Waals surface area contributed by atoms with Gasteiger partial charge in [-0.3, -0.25) is 0 Å². The van der Waals surface area contributed by atoms with Crippen LogP contribution in [0.1, 0.15) is 18.1 Å². The highest BCUT2D eigenvalue weighted by molar-refractivity contribution is 6.17. The monoisotopic (exact) mass is 333 g/mol. The maximum atomic E-state index is 2.45. The van der Waals surface area contributed by atoms with E-state index in [1.807, 2.05) is 0 Å². The first-order valence-electron chi connectivity index (χ1n) is 9.40. The Balaban J connectivity index is 1.81. The van der Waals surface area contributed by atoms with Gasteiger partial charge in [0.15, 0.2) is 0 Å². The van der Waals surface area contributed by atoms with Crippen LogP contribution in [0, 0.1) is 0 Å². The largest absolute Gasteiger partial charge is 0.341 e. The minimum atomic E-state index is 0.993. The van der Waals surface area contributed by atoms with E-state index in [-0.39, 0.29) is 0 Å². The fourth-order valence-electron chi connectivity index (χ4n) is 4.93. The summed E-state index contributed by atoms with van der Waals surface area (Å²) in [6.07, 6.45) is 1.04. The predicted octanol–water partition coefficient (Wildman–Crippen LogP) is 6.54. The zero-order valence-electron chi connectivity index (χ0n) is 14.8. The van der Waals surface area contributed by atoms with Crippen LogP contribution in [0.2, 0.25) is 0 Å². The minimum absolute atomic E-state index is 0.993. The lowest BCUT2D eigenvalue weighted by Gasteiger charge is -2.07. The number of fused-ring (bicyclic) bond motifs is 9. The Morgan fingerprint density at radius 3 is 2.46 bits per heavy atom. The molecule has 0 aliphatic heterocycles. The van der Waals surface area contributed by atoms with Gasteiger partial charge in [0.05, 0.1) is 0 Å². The van der Waals surface area contributed by atoms with Crippen LogP contribution in [0.3, 0.4) is 0 Å². The van der Waals surface area contributed by atoms with Gasteiger partial charge in [0.1, 0.15) is 0 Å². The molecule has 0 N–H and O–H groups in total. The number of rotatable bonds is 1. The molecule has 0 saturated heterocycles. The molecule has 0 unspecified atom stereocenters. The standard InChI is InChI=1S/C25H19N/c1-2-26-22-10-6-5-9-20(22)25-23(26)14-12-17-15-21-18-8-4-3-7-16(18)11-13-19(21)24(17)25/h3-14H,2,15H2,1H3. The van der Waals surface area contributed by atoms with Crippen LogP contribution in [0.4, 0.5) is 0 Å². The van der Waals surface area contributed by atoms with Gasteiger partial charge >= 0.3 is 0 Å². The van der Waals surface area contributed by atoms with Crippen LogP contribution < -0.4 is 0 Å². The summed E-state index contributed by atoms with van der Waals surface area (Å²) < 4.78 is 2.45. The molecular formula is C25H19N. The number of hydrogen-bond acceptors (Lipinski definition) is 0. The molecule has 0 amide bonds. The zero-order valence-corrected chi connectivity index (χ0v) is 14.8. The van der Waals surface area contributed by atoms with Crippen LogP contribution in [-0.4, -0.2) is 4.57 Å². The third-order valence-corrected chi connectivity index (χ3v) is 6.02. The molecule has 1 nitrogen and oxygen atoms in total. The van der Waals surface area contributed by atoms with Gasteiger partial charge in [-0.05, 0) is 58.5 Å². The molecule has 1 heteroatoms. The van der Waals surface area contributed by atoms with Crippen molar-refractivity contribution in [3.05, 3.63) is 83.9 Å². The van der Waals surface area contributed by atoms with E-state index >= 15 is 0 Å². The summed E-state index contributed by atoms with van der Waals surface area (Å²) >= 11 is 0. The highest BCUT2D eigenvalue weighted by atomic mass is 15.0. The summed E-state index contributed by atoms with van der Waals surface area (Å²) in [5.74, 6) is 0. The van der Waals surface area contributed by atoms with E-state index in [1.165, 1.54) is 54.8 Å². The van der Waals surface area contributed by atoms with Crippen molar-refractivity contribution in [3.63, 3.8) is 0 Å². The third-order valence-electron chi connectivity index (χ3n) is 6.02. The van der Waals surface area contributed by atoms with Crippen molar-refractivity contribution >= 4 is 32.6 Å². The smallest absolute Gasteiger partial charge is 0.0497 e. The molecule has 6 rings (SSSR count). The molecule has 0 saturated carbocycles. The average molecular weight is 333 g/mol. The topological polar surface area (TPSA) is 4.93 Å². The summed E-state index contributed by atoms with van der Waals surface area (Å²) in [5, 5.41) is 5.54. The molecule has 26 heavy (non-hydrogen) atoms. The van der Waals surface area contributed by atoms with Crippen molar-refractivity contribution in [3.8, 4) is 11.1 Å². The van der Waals surface area contributed by atoms with Gasteiger partial charge in [-0.2, -0.15) is 0 Å². The van der Waals surface area contributed by atoms with Gasteiger partial charge in [-0.15, -0.1) is 0 Å². The molecular weight excluding hydrogens is 314 g/mol. The highest BCUT2D eigenvalue weighted by Gasteiger charge is 2.25. The molecule has 1 aliphatic carbocycles. The van der Waals surface area contributed by atoms with Gasteiger partial charge in [0, 0.05) is 28.4 Å². The Hall–Kier alpha value is -3.06. The molecule has 1 aromatic heterocycles. The van der Waals surface area contributed by atoms with Gasteiger partial charge in [0.25, 0.3) is 0 Å². The van der Waals surface area contributed by atoms with E-state index in [4.69, 9.17) is 0 Å². The number of aryl methyl sites for hydroxylation is 1. The maximum absolute atomic E-state index is 2.45. The quantitative estimate of drug-likeness (QED) is 0.322. The van der Waals surface area contributed by atoms with Crippen LogP contribution >= 0.6 is 0 Å². The lowest BCUT2D eigenvalue weighted by Crippen LogP contribution is -1.93. The number of aromatic nitrogens is 1. The van der Waals surface area contributed by atoms with E-state index < -0.39 is 0 Å². The van der Waals surface area contributed by atoms with E-state index in [0.717, 1.165) is 13.0 Å². The van der Waals surface area contributed by atoms with Gasteiger partial charge in [-0.25, -0.2) is 0 Å². The molecule has 0 fully saturated rings. The van der Waals surface area contributed by atoms with E-state index in [1.54, 1.807) is 0 Å². The van der Waals surface area contributed by atoms with E-state index in [0.29, 0.717) is 0 Å². The van der Waals surface area contributed by atoms with Crippen molar-refractivity contribution in [2.45, 2.75) is 19.9 Å². The number of hydrogen-bond donors (Lipinski definition) is 0. The molecule has 0 radical (unpaired) electrons. The lowest BCUT2D eigenvalue weighted by atomic mass is 9.97. The summed E-state index contributed by atoms with van der Waals surface area (Å²) in [7, 11) is 0. The second-order valence-corrected chi connectivity index (χ2v) is 7.24. The number of benzene rings is 4. The normalized spacial score (nSPS) is 12.8. The number of para-hydroxylation sites is 1. The SMILES string of the molecule is CCn1c2ccccc2c2c3c(ccc21)Cc1c-3ccc2ccccc12. The Kier molecular flexibility index (Phi) is 2.71. The predicted molar refractivity (Wildman–Crippen MR) is 111 cm³/mol. The Bertz CT molecular complexity index is 1340. The maximum Gasteiger partial charge on any atom is 0.0497 e. The first kappa shape index (κ1) is 14.1. The van der Waals surface area contributed by atoms with Crippen molar-refractivity contribution in [2.75, 3.05) is 0 Å². The zero-order chi connectivity index (χ0) is 17.3. The van der Waals surface area contributed by atoms with Crippen LogP contribution in [-0.2, 0) is 13.0 Å². The van der Waals surface area contributed by atoms with Crippen molar-refractivity contribution in [1.29, 1.82) is 0 Å². The second-order valence-electron chi connectivity index (χ2n) is 7.24. The molecule has 0 bridgehead atoms. The Morgan fingerprint density at radius 2 is 1.58 bits per heavy atom. The summed E-state index contributed by atoms with van der Waals surface area (Å²) in [6.45, 7) is 3.23.